The maximum Gasteiger partial charge on any atom is 0.312 e. The van der Waals surface area contributed by atoms with Crippen molar-refractivity contribution in [3.05, 3.63) is 33.8 Å². The zero-order chi connectivity index (χ0) is 14.0. The van der Waals surface area contributed by atoms with Crippen LogP contribution in [0.15, 0.2) is 16.6 Å². The van der Waals surface area contributed by atoms with Gasteiger partial charge >= 0.3 is 5.97 Å². The Labute approximate surface area is 117 Å². The molecule has 3 nitrogen and oxygen atoms in total. The van der Waals surface area contributed by atoms with E-state index in [2.05, 4.69) is 15.9 Å². The Bertz CT molecular complexity index is 499. The van der Waals surface area contributed by atoms with Gasteiger partial charge in [-0.1, -0.05) is 0 Å². The maximum absolute atomic E-state index is 13.9. The van der Waals surface area contributed by atoms with Crippen molar-refractivity contribution in [2.24, 2.45) is 5.41 Å². The molecule has 1 heterocycles. The second-order valence-corrected chi connectivity index (χ2v) is 5.59. The van der Waals surface area contributed by atoms with Gasteiger partial charge in [0.15, 0.2) is 0 Å². The largest absolute Gasteiger partial charge is 0.481 e. The van der Waals surface area contributed by atoms with Gasteiger partial charge in [0.1, 0.15) is 11.6 Å². The summed E-state index contributed by atoms with van der Waals surface area (Å²) in [5.74, 6) is -2.55. The number of benzene rings is 1. The smallest absolute Gasteiger partial charge is 0.312 e. The minimum Gasteiger partial charge on any atom is -0.481 e. The Morgan fingerprint density at radius 2 is 2.21 bits per heavy atom. The standard InChI is InChI=1S/C13H13BrF2O3/c14-9-2-3-10(15)8(11(9)16)6-13(12(17)18)4-1-5-19-7-13/h2-3H,1,4-7H2,(H,17,18). The van der Waals surface area contributed by atoms with E-state index in [-0.39, 0.29) is 23.1 Å². The molecule has 1 aliphatic heterocycles. The van der Waals surface area contributed by atoms with Crippen molar-refractivity contribution in [1.82, 2.24) is 0 Å². The van der Waals surface area contributed by atoms with E-state index >= 15 is 0 Å². The van der Waals surface area contributed by atoms with Crippen molar-refractivity contribution in [1.29, 1.82) is 0 Å². The number of carboxylic acid groups (broad SMARTS) is 1. The van der Waals surface area contributed by atoms with E-state index in [0.717, 1.165) is 6.07 Å². The van der Waals surface area contributed by atoms with Crippen LogP contribution < -0.4 is 0 Å². The molecule has 1 aromatic rings. The summed E-state index contributed by atoms with van der Waals surface area (Å²) in [5, 5.41) is 9.36. The van der Waals surface area contributed by atoms with E-state index in [4.69, 9.17) is 4.74 Å². The van der Waals surface area contributed by atoms with Crippen LogP contribution in [0.3, 0.4) is 0 Å². The number of carbonyl (C=O) groups is 1. The van der Waals surface area contributed by atoms with Gasteiger partial charge in [0, 0.05) is 12.2 Å². The van der Waals surface area contributed by atoms with Gasteiger partial charge in [-0.25, -0.2) is 8.78 Å². The van der Waals surface area contributed by atoms with E-state index in [0.29, 0.717) is 19.4 Å². The lowest BCUT2D eigenvalue weighted by Gasteiger charge is -2.33. The summed E-state index contributed by atoms with van der Waals surface area (Å²) in [6.45, 7) is 0.464. The minimum atomic E-state index is -1.25. The molecule has 1 saturated heterocycles. The van der Waals surface area contributed by atoms with Crippen molar-refractivity contribution >= 4 is 21.9 Å². The quantitative estimate of drug-likeness (QED) is 0.864. The highest BCUT2D eigenvalue weighted by Gasteiger charge is 2.42. The molecular weight excluding hydrogens is 322 g/mol. The van der Waals surface area contributed by atoms with Gasteiger partial charge in [0.2, 0.25) is 0 Å². The molecule has 0 bridgehead atoms. The molecule has 6 heteroatoms. The van der Waals surface area contributed by atoms with Gasteiger partial charge in [0.25, 0.3) is 0 Å². The predicted molar refractivity (Wildman–Crippen MR) is 67.9 cm³/mol. The molecule has 0 radical (unpaired) electrons. The molecule has 1 atom stereocenters. The van der Waals surface area contributed by atoms with Gasteiger partial charge < -0.3 is 9.84 Å². The Balaban J connectivity index is 2.37. The molecular formula is C13H13BrF2O3. The fraction of sp³-hybridized carbons (Fsp3) is 0.462. The van der Waals surface area contributed by atoms with Crippen molar-refractivity contribution in [2.45, 2.75) is 19.3 Å². The van der Waals surface area contributed by atoms with E-state index in [9.17, 15) is 18.7 Å². The van der Waals surface area contributed by atoms with Gasteiger partial charge in [-0.3, -0.25) is 4.79 Å². The van der Waals surface area contributed by atoms with Crippen LogP contribution in [0.2, 0.25) is 0 Å². The number of aliphatic carboxylic acids is 1. The molecule has 1 unspecified atom stereocenters. The molecule has 19 heavy (non-hydrogen) atoms. The van der Waals surface area contributed by atoms with Gasteiger partial charge in [-0.15, -0.1) is 0 Å². The molecule has 0 aromatic heterocycles. The number of halogens is 3. The SMILES string of the molecule is O=C(O)C1(Cc2c(F)ccc(Br)c2F)CCCOC1. The molecule has 1 aromatic carbocycles. The van der Waals surface area contributed by atoms with Crippen LogP contribution in [0.25, 0.3) is 0 Å². The zero-order valence-electron chi connectivity index (χ0n) is 10.1. The van der Waals surface area contributed by atoms with Crippen LogP contribution in [0.4, 0.5) is 8.78 Å². The first kappa shape index (κ1) is 14.4. The lowest BCUT2D eigenvalue weighted by Crippen LogP contribution is -2.41. The van der Waals surface area contributed by atoms with Crippen LogP contribution in [-0.4, -0.2) is 24.3 Å². The summed E-state index contributed by atoms with van der Waals surface area (Å²) in [7, 11) is 0. The van der Waals surface area contributed by atoms with Gasteiger partial charge in [-0.2, -0.15) is 0 Å². The molecule has 1 aliphatic rings. The van der Waals surface area contributed by atoms with Crippen LogP contribution in [0.5, 0.6) is 0 Å². The van der Waals surface area contributed by atoms with E-state index in [1.807, 2.05) is 0 Å². The average molecular weight is 335 g/mol. The summed E-state index contributed by atoms with van der Waals surface area (Å²) in [5.41, 5.74) is -1.46. The Morgan fingerprint density at radius 1 is 1.47 bits per heavy atom. The second kappa shape index (κ2) is 5.54. The lowest BCUT2D eigenvalue weighted by atomic mass is 9.77. The first-order chi connectivity index (χ1) is 8.96. The highest BCUT2D eigenvalue weighted by atomic mass is 79.9. The molecule has 1 N–H and O–H groups in total. The summed E-state index contributed by atoms with van der Waals surface area (Å²) < 4.78 is 33.0. The molecule has 0 saturated carbocycles. The van der Waals surface area contributed by atoms with Gasteiger partial charge in [-0.05, 0) is 47.3 Å². The molecule has 0 aliphatic carbocycles. The molecule has 1 fully saturated rings. The Kier molecular flexibility index (Phi) is 4.20. The topological polar surface area (TPSA) is 46.5 Å². The van der Waals surface area contributed by atoms with Crippen LogP contribution in [0.1, 0.15) is 18.4 Å². The third-order valence-corrected chi connectivity index (χ3v) is 4.04. The molecule has 0 amide bonds. The van der Waals surface area contributed by atoms with Crippen molar-refractivity contribution in [2.75, 3.05) is 13.2 Å². The summed E-state index contributed by atoms with van der Waals surface area (Å²) >= 11 is 2.98. The third kappa shape index (κ3) is 2.79. The van der Waals surface area contributed by atoms with Crippen molar-refractivity contribution < 1.29 is 23.4 Å². The molecule has 0 spiro atoms. The van der Waals surface area contributed by atoms with Crippen LogP contribution in [-0.2, 0) is 16.0 Å². The third-order valence-electron chi connectivity index (χ3n) is 3.43. The van der Waals surface area contributed by atoms with Gasteiger partial charge in [0.05, 0.1) is 16.5 Å². The van der Waals surface area contributed by atoms with E-state index < -0.39 is 23.0 Å². The normalized spacial score (nSPS) is 23.3. The number of carboxylic acids is 1. The first-order valence-electron chi connectivity index (χ1n) is 5.90. The van der Waals surface area contributed by atoms with Crippen LogP contribution >= 0.6 is 15.9 Å². The maximum atomic E-state index is 13.9. The Hall–Kier alpha value is -1.01. The Morgan fingerprint density at radius 3 is 2.79 bits per heavy atom. The van der Waals surface area contributed by atoms with Crippen molar-refractivity contribution in [3.8, 4) is 0 Å². The summed E-state index contributed by atoms with van der Waals surface area (Å²) in [6, 6.07) is 2.39. The summed E-state index contributed by atoms with van der Waals surface area (Å²) in [4.78, 5) is 11.5. The second-order valence-electron chi connectivity index (χ2n) is 4.74. The van der Waals surface area contributed by atoms with E-state index in [1.54, 1.807) is 0 Å². The number of hydrogen-bond acceptors (Lipinski definition) is 2. The number of rotatable bonds is 3. The van der Waals surface area contributed by atoms with Crippen molar-refractivity contribution in [3.63, 3.8) is 0 Å². The number of hydrogen-bond donors (Lipinski definition) is 1. The van der Waals surface area contributed by atoms with Crippen LogP contribution in [0, 0.1) is 17.0 Å². The average Bonchev–Trinajstić information content (AvgIpc) is 2.40. The fourth-order valence-electron chi connectivity index (χ4n) is 2.31. The van der Waals surface area contributed by atoms with E-state index in [1.165, 1.54) is 6.07 Å². The highest BCUT2D eigenvalue weighted by Crippen LogP contribution is 2.35. The fourth-order valence-corrected chi connectivity index (χ4v) is 2.68. The predicted octanol–water partition coefficient (Wildman–Crippen LogP) is 3.15. The summed E-state index contributed by atoms with van der Waals surface area (Å²) in [6.07, 6.45) is 0.719. The molecule has 104 valence electrons. The monoisotopic (exact) mass is 334 g/mol. The lowest BCUT2D eigenvalue weighted by molar-refractivity contribution is -0.157. The zero-order valence-corrected chi connectivity index (χ0v) is 11.7. The highest BCUT2D eigenvalue weighted by molar-refractivity contribution is 9.10. The first-order valence-corrected chi connectivity index (χ1v) is 6.69. The minimum absolute atomic E-state index is 0.0201. The number of ether oxygens (including phenoxy) is 1. The molecule has 2 rings (SSSR count).